The summed E-state index contributed by atoms with van der Waals surface area (Å²) in [4.78, 5) is 15.5. The molecule has 0 bridgehead atoms. The van der Waals surface area contributed by atoms with E-state index in [2.05, 4.69) is 9.88 Å². The van der Waals surface area contributed by atoms with Crippen LogP contribution in [0.5, 0.6) is 0 Å². The number of nitrogens with one attached hydrogen (secondary N) is 1. The highest BCUT2D eigenvalue weighted by molar-refractivity contribution is 5.90. The Kier molecular flexibility index (Phi) is 5.79. The number of carbonyl (C=O) groups is 1. The molecular formula is C30H25F2N5O. The normalized spacial score (nSPS) is 14.5. The molecule has 5 aromatic rings. The van der Waals surface area contributed by atoms with E-state index >= 15 is 0 Å². The molecule has 0 unspecified atom stereocenters. The summed E-state index contributed by atoms with van der Waals surface area (Å²) in [7, 11) is 0. The Balaban J connectivity index is 1.54. The molecule has 2 aromatic heterocycles. The third kappa shape index (κ3) is 4.04. The first-order valence-electron chi connectivity index (χ1n) is 12.3. The Morgan fingerprint density at radius 2 is 1.76 bits per heavy atom. The van der Waals surface area contributed by atoms with Crippen molar-refractivity contribution in [3.05, 3.63) is 131 Å². The van der Waals surface area contributed by atoms with Gasteiger partial charge in [0.05, 0.1) is 35.3 Å². The SMILES string of the molecule is Cc1cccc([C@@H]2c3cccn3-c3c(c(C)nn3-c3ccccc3)CN2C(=O)Nc2cc(F)ccc2F)c1. The fourth-order valence-electron chi connectivity index (χ4n) is 5.12. The number of nitrogens with zero attached hydrogens (tertiary/aromatic N) is 4. The van der Waals surface area contributed by atoms with Gasteiger partial charge in [-0.05, 0) is 55.8 Å². The lowest BCUT2D eigenvalue weighted by molar-refractivity contribution is 0.194. The molecule has 0 spiro atoms. The molecule has 2 amide bonds. The molecular weight excluding hydrogens is 484 g/mol. The maximum absolute atomic E-state index is 14.5. The standard InChI is InChI=1S/C30H25F2N5O/c1-19-8-6-9-21(16-19)28-27-12-7-15-35(27)29-24(20(2)34-37(29)23-10-4-3-5-11-23)18-36(28)30(38)33-26-17-22(31)13-14-25(26)32/h3-17,28H,18H2,1-2H3,(H,33,38)/t28-/m1/s1. The Hall–Kier alpha value is -4.72. The van der Waals surface area contributed by atoms with E-state index in [-0.39, 0.29) is 12.2 Å². The molecule has 3 heterocycles. The molecule has 1 N–H and O–H groups in total. The minimum atomic E-state index is -0.709. The van der Waals surface area contributed by atoms with Gasteiger partial charge >= 0.3 is 6.03 Å². The van der Waals surface area contributed by atoms with Crippen molar-refractivity contribution < 1.29 is 13.6 Å². The number of aromatic nitrogens is 3. The first kappa shape index (κ1) is 23.7. The number of fused-ring (bicyclic) bond motifs is 3. The number of anilines is 1. The van der Waals surface area contributed by atoms with E-state index in [1.807, 2.05) is 91.5 Å². The second-order valence-corrected chi connectivity index (χ2v) is 9.44. The Labute approximate surface area is 218 Å². The summed E-state index contributed by atoms with van der Waals surface area (Å²) in [6, 6.07) is 23.7. The summed E-state index contributed by atoms with van der Waals surface area (Å²) >= 11 is 0. The average molecular weight is 510 g/mol. The van der Waals surface area contributed by atoms with Gasteiger partial charge in [-0.25, -0.2) is 18.3 Å². The number of hydrogen-bond acceptors (Lipinski definition) is 2. The van der Waals surface area contributed by atoms with Gasteiger partial charge < -0.3 is 14.8 Å². The Morgan fingerprint density at radius 1 is 0.947 bits per heavy atom. The molecule has 1 atom stereocenters. The zero-order chi connectivity index (χ0) is 26.4. The molecule has 0 aliphatic carbocycles. The minimum Gasteiger partial charge on any atom is -0.307 e. The molecule has 38 heavy (non-hydrogen) atoms. The average Bonchev–Trinajstić information content (AvgIpc) is 3.47. The topological polar surface area (TPSA) is 55.1 Å². The molecule has 1 aliphatic heterocycles. The number of benzene rings is 3. The largest absolute Gasteiger partial charge is 0.323 e. The number of amides is 2. The highest BCUT2D eigenvalue weighted by Crippen LogP contribution is 2.39. The van der Waals surface area contributed by atoms with Gasteiger partial charge in [-0.2, -0.15) is 5.10 Å². The smallest absolute Gasteiger partial charge is 0.307 e. The molecule has 0 radical (unpaired) electrons. The fraction of sp³-hybridized carbons (Fsp3) is 0.133. The van der Waals surface area contributed by atoms with Crippen LogP contribution in [-0.2, 0) is 6.54 Å². The summed E-state index contributed by atoms with van der Waals surface area (Å²) in [6.45, 7) is 4.12. The highest BCUT2D eigenvalue weighted by Gasteiger charge is 2.36. The maximum Gasteiger partial charge on any atom is 0.323 e. The molecule has 1 aliphatic rings. The van der Waals surface area contributed by atoms with Gasteiger partial charge in [0.25, 0.3) is 0 Å². The van der Waals surface area contributed by atoms with E-state index < -0.39 is 23.7 Å². The van der Waals surface area contributed by atoms with Gasteiger partial charge in [0.2, 0.25) is 0 Å². The van der Waals surface area contributed by atoms with Crippen LogP contribution in [0.2, 0.25) is 0 Å². The molecule has 8 heteroatoms. The molecule has 190 valence electrons. The van der Waals surface area contributed by atoms with Crippen LogP contribution in [0.3, 0.4) is 0 Å². The molecule has 0 saturated heterocycles. The lowest BCUT2D eigenvalue weighted by atomic mass is 10.00. The van der Waals surface area contributed by atoms with E-state index in [4.69, 9.17) is 5.10 Å². The second-order valence-electron chi connectivity index (χ2n) is 9.44. The zero-order valence-corrected chi connectivity index (χ0v) is 20.9. The molecule has 6 rings (SSSR count). The van der Waals surface area contributed by atoms with Crippen molar-refractivity contribution in [1.82, 2.24) is 19.2 Å². The lowest BCUT2D eigenvalue weighted by Crippen LogP contribution is -2.38. The van der Waals surface area contributed by atoms with Gasteiger partial charge in [-0.15, -0.1) is 0 Å². The second kappa shape index (κ2) is 9.30. The summed E-state index contributed by atoms with van der Waals surface area (Å²) in [5.74, 6) is -0.513. The number of para-hydroxylation sites is 1. The fourth-order valence-corrected chi connectivity index (χ4v) is 5.12. The van der Waals surface area contributed by atoms with Crippen LogP contribution in [0.25, 0.3) is 11.5 Å². The molecule has 0 fully saturated rings. The van der Waals surface area contributed by atoms with Crippen molar-refractivity contribution in [2.45, 2.75) is 26.4 Å². The third-order valence-corrected chi connectivity index (χ3v) is 6.88. The van der Waals surface area contributed by atoms with Crippen LogP contribution in [-0.4, -0.2) is 25.3 Å². The van der Waals surface area contributed by atoms with Crippen LogP contribution in [0.1, 0.15) is 34.1 Å². The number of halogens is 2. The van der Waals surface area contributed by atoms with Gasteiger partial charge in [0.1, 0.15) is 17.5 Å². The van der Waals surface area contributed by atoms with Crippen LogP contribution < -0.4 is 5.32 Å². The summed E-state index contributed by atoms with van der Waals surface area (Å²) in [5, 5.41) is 7.44. The molecule has 3 aromatic carbocycles. The van der Waals surface area contributed by atoms with Crippen molar-refractivity contribution in [1.29, 1.82) is 0 Å². The lowest BCUT2D eigenvalue weighted by Gasteiger charge is -2.31. The molecule has 0 saturated carbocycles. The predicted octanol–water partition coefficient (Wildman–Crippen LogP) is 6.70. The monoisotopic (exact) mass is 509 g/mol. The maximum atomic E-state index is 14.5. The van der Waals surface area contributed by atoms with Crippen molar-refractivity contribution in [2.75, 3.05) is 5.32 Å². The van der Waals surface area contributed by atoms with E-state index in [1.165, 1.54) is 0 Å². The number of rotatable bonds is 3. The first-order valence-corrected chi connectivity index (χ1v) is 12.3. The number of carbonyl (C=O) groups excluding carboxylic acids is 1. The van der Waals surface area contributed by atoms with Crippen LogP contribution in [0, 0.1) is 25.5 Å². The first-order chi connectivity index (χ1) is 18.4. The minimum absolute atomic E-state index is 0.205. The van der Waals surface area contributed by atoms with E-state index in [9.17, 15) is 13.6 Å². The summed E-state index contributed by atoms with van der Waals surface area (Å²) < 4.78 is 32.4. The van der Waals surface area contributed by atoms with Crippen molar-refractivity contribution in [2.24, 2.45) is 0 Å². The third-order valence-electron chi connectivity index (χ3n) is 6.88. The van der Waals surface area contributed by atoms with E-state index in [1.54, 1.807) is 4.90 Å². The summed E-state index contributed by atoms with van der Waals surface area (Å²) in [6.07, 6.45) is 1.96. The zero-order valence-electron chi connectivity index (χ0n) is 20.9. The van der Waals surface area contributed by atoms with Gasteiger partial charge in [-0.1, -0.05) is 48.0 Å². The van der Waals surface area contributed by atoms with Crippen molar-refractivity contribution in [3.8, 4) is 11.5 Å². The molecule has 6 nitrogen and oxygen atoms in total. The Bertz CT molecular complexity index is 1660. The van der Waals surface area contributed by atoms with E-state index in [0.717, 1.165) is 57.8 Å². The Morgan fingerprint density at radius 3 is 2.55 bits per heavy atom. The van der Waals surface area contributed by atoms with Crippen molar-refractivity contribution >= 4 is 11.7 Å². The number of hydrogen-bond donors (Lipinski definition) is 1. The summed E-state index contributed by atoms with van der Waals surface area (Å²) in [5.41, 5.74) is 5.10. The quantitative estimate of drug-likeness (QED) is 0.294. The number of urea groups is 1. The van der Waals surface area contributed by atoms with Crippen LogP contribution in [0.4, 0.5) is 19.3 Å². The highest BCUT2D eigenvalue weighted by atomic mass is 19.1. The van der Waals surface area contributed by atoms with Gasteiger partial charge in [0.15, 0.2) is 0 Å². The van der Waals surface area contributed by atoms with Crippen LogP contribution >= 0.6 is 0 Å². The van der Waals surface area contributed by atoms with Gasteiger partial charge in [0, 0.05) is 17.8 Å². The van der Waals surface area contributed by atoms with Crippen molar-refractivity contribution in [3.63, 3.8) is 0 Å². The predicted molar refractivity (Wildman–Crippen MR) is 142 cm³/mol. The van der Waals surface area contributed by atoms with Crippen LogP contribution in [0.15, 0.2) is 91.1 Å². The van der Waals surface area contributed by atoms with Gasteiger partial charge in [-0.3, -0.25) is 0 Å². The number of aryl methyl sites for hydroxylation is 2. The van der Waals surface area contributed by atoms with E-state index in [0.29, 0.717) is 0 Å².